The minimum atomic E-state index is 0.583. The van der Waals surface area contributed by atoms with E-state index in [0.717, 1.165) is 21.6 Å². The third-order valence-corrected chi connectivity index (χ3v) is 4.34. The Morgan fingerprint density at radius 2 is 2.31 bits per heavy atom. The Labute approximate surface area is 112 Å². The van der Waals surface area contributed by atoms with Crippen LogP contribution in [0.15, 0.2) is 28.9 Å². The Morgan fingerprint density at radius 3 is 3.00 bits per heavy atom. The van der Waals surface area contributed by atoms with Crippen LogP contribution in [0.25, 0.3) is 0 Å². The highest BCUT2D eigenvalue weighted by Crippen LogP contribution is 2.27. The third kappa shape index (κ3) is 2.75. The van der Waals surface area contributed by atoms with Gasteiger partial charge in [-0.1, -0.05) is 23.7 Å². The van der Waals surface area contributed by atoms with Gasteiger partial charge in [0.15, 0.2) is 4.47 Å². The monoisotopic (exact) mass is 316 g/mol. The van der Waals surface area contributed by atoms with Gasteiger partial charge in [-0.3, -0.25) is 0 Å². The molecule has 0 radical (unpaired) electrons. The largest absolute Gasteiger partial charge is 0.379 e. The molecule has 0 atom stereocenters. The molecule has 0 spiro atoms. The van der Waals surface area contributed by atoms with Crippen molar-refractivity contribution in [3.05, 3.63) is 43.8 Å². The topological polar surface area (TPSA) is 24.9 Å². The molecule has 84 valence electrons. The molecule has 0 aliphatic rings. The molecule has 0 aliphatic carbocycles. The summed E-state index contributed by atoms with van der Waals surface area (Å²) in [5.74, 6) is 0. The van der Waals surface area contributed by atoms with E-state index in [-0.39, 0.29) is 0 Å². The first-order chi connectivity index (χ1) is 7.66. The molecule has 2 rings (SSSR count). The van der Waals surface area contributed by atoms with E-state index in [4.69, 9.17) is 11.6 Å². The molecule has 0 unspecified atom stereocenters. The standard InChI is InChI=1S/C11H10BrClN2S/c1-7-3-2-4-9(10(7)12)14-5-8-6-15-11(13)16-8/h2-4,6,14H,5H2,1H3. The Bertz CT molecular complexity index is 498. The van der Waals surface area contributed by atoms with Crippen LogP contribution >= 0.6 is 38.9 Å². The van der Waals surface area contributed by atoms with Crippen LogP contribution in [0.4, 0.5) is 5.69 Å². The van der Waals surface area contributed by atoms with Crippen molar-refractivity contribution in [3.8, 4) is 0 Å². The van der Waals surface area contributed by atoms with Crippen LogP contribution in [0.3, 0.4) is 0 Å². The van der Waals surface area contributed by atoms with E-state index in [1.807, 2.05) is 12.1 Å². The first-order valence-electron chi connectivity index (χ1n) is 4.76. The molecule has 0 aliphatic heterocycles. The van der Waals surface area contributed by atoms with Crippen LogP contribution in [-0.4, -0.2) is 4.98 Å². The van der Waals surface area contributed by atoms with Gasteiger partial charge in [-0.25, -0.2) is 4.98 Å². The number of halogens is 2. The lowest BCUT2D eigenvalue weighted by atomic mass is 10.2. The van der Waals surface area contributed by atoms with E-state index >= 15 is 0 Å². The van der Waals surface area contributed by atoms with Gasteiger partial charge in [-0.2, -0.15) is 0 Å². The summed E-state index contributed by atoms with van der Waals surface area (Å²) in [6.45, 7) is 2.81. The number of nitrogens with zero attached hydrogens (tertiary/aromatic N) is 1. The molecule has 1 N–H and O–H groups in total. The number of hydrogen-bond acceptors (Lipinski definition) is 3. The molecule has 5 heteroatoms. The molecule has 1 heterocycles. The van der Waals surface area contributed by atoms with Crippen molar-refractivity contribution in [2.45, 2.75) is 13.5 Å². The second-order valence-electron chi connectivity index (χ2n) is 3.37. The van der Waals surface area contributed by atoms with Crippen LogP contribution in [-0.2, 0) is 6.54 Å². The van der Waals surface area contributed by atoms with Crippen molar-refractivity contribution >= 4 is 44.6 Å². The van der Waals surface area contributed by atoms with E-state index in [9.17, 15) is 0 Å². The maximum Gasteiger partial charge on any atom is 0.183 e. The van der Waals surface area contributed by atoms with Crippen LogP contribution in [0.2, 0.25) is 4.47 Å². The second-order valence-corrected chi connectivity index (χ2v) is 5.86. The van der Waals surface area contributed by atoms with Crippen molar-refractivity contribution in [3.63, 3.8) is 0 Å². The summed E-state index contributed by atoms with van der Waals surface area (Å²) >= 11 is 10.8. The smallest absolute Gasteiger partial charge is 0.183 e. The van der Waals surface area contributed by atoms with Crippen molar-refractivity contribution in [2.24, 2.45) is 0 Å². The molecule has 0 bridgehead atoms. The maximum absolute atomic E-state index is 5.77. The molecular formula is C11H10BrClN2S. The van der Waals surface area contributed by atoms with Gasteiger partial charge in [0.05, 0.1) is 6.54 Å². The van der Waals surface area contributed by atoms with Gasteiger partial charge in [0.25, 0.3) is 0 Å². The first kappa shape index (κ1) is 11.9. The van der Waals surface area contributed by atoms with Gasteiger partial charge in [0.1, 0.15) is 0 Å². The van der Waals surface area contributed by atoms with Crippen molar-refractivity contribution in [2.75, 3.05) is 5.32 Å². The highest BCUT2D eigenvalue weighted by molar-refractivity contribution is 9.10. The molecule has 0 amide bonds. The third-order valence-electron chi connectivity index (χ3n) is 2.17. The minimum Gasteiger partial charge on any atom is -0.379 e. The van der Waals surface area contributed by atoms with Gasteiger partial charge in [-0.15, -0.1) is 11.3 Å². The summed E-state index contributed by atoms with van der Waals surface area (Å²) < 4.78 is 1.69. The molecule has 16 heavy (non-hydrogen) atoms. The van der Waals surface area contributed by atoms with Crippen molar-refractivity contribution in [1.29, 1.82) is 0 Å². The molecule has 0 saturated carbocycles. The Kier molecular flexibility index (Phi) is 3.84. The molecule has 2 aromatic rings. The predicted molar refractivity (Wildman–Crippen MR) is 73.3 cm³/mol. The van der Waals surface area contributed by atoms with Gasteiger partial charge in [0.2, 0.25) is 0 Å². The van der Waals surface area contributed by atoms with Gasteiger partial charge in [-0.05, 0) is 34.5 Å². The lowest BCUT2D eigenvalue weighted by Gasteiger charge is -2.08. The lowest BCUT2D eigenvalue weighted by Crippen LogP contribution is -1.98. The van der Waals surface area contributed by atoms with Crippen molar-refractivity contribution in [1.82, 2.24) is 4.98 Å². The zero-order chi connectivity index (χ0) is 11.5. The number of thiazole rings is 1. The molecular weight excluding hydrogens is 308 g/mol. The number of anilines is 1. The zero-order valence-corrected chi connectivity index (χ0v) is 11.8. The summed E-state index contributed by atoms with van der Waals surface area (Å²) in [7, 11) is 0. The fourth-order valence-electron chi connectivity index (χ4n) is 1.33. The Balaban J connectivity index is 2.07. The van der Waals surface area contributed by atoms with E-state index in [2.05, 4.69) is 39.2 Å². The highest BCUT2D eigenvalue weighted by Gasteiger charge is 2.03. The van der Waals surface area contributed by atoms with E-state index < -0.39 is 0 Å². The van der Waals surface area contributed by atoms with E-state index in [0.29, 0.717) is 4.47 Å². The average Bonchev–Trinajstić information content (AvgIpc) is 2.67. The Hall–Kier alpha value is -0.580. The van der Waals surface area contributed by atoms with Gasteiger partial charge in [0, 0.05) is 21.2 Å². The number of hydrogen-bond donors (Lipinski definition) is 1. The summed E-state index contributed by atoms with van der Waals surface area (Å²) in [6, 6.07) is 6.14. The quantitative estimate of drug-likeness (QED) is 0.903. The number of aryl methyl sites for hydroxylation is 1. The van der Waals surface area contributed by atoms with Gasteiger partial charge >= 0.3 is 0 Å². The van der Waals surface area contributed by atoms with Crippen LogP contribution in [0.5, 0.6) is 0 Å². The summed E-state index contributed by atoms with van der Waals surface area (Å²) in [5, 5.41) is 3.35. The summed E-state index contributed by atoms with van der Waals surface area (Å²) in [4.78, 5) is 5.12. The fraction of sp³-hybridized carbons (Fsp3) is 0.182. The number of rotatable bonds is 3. The van der Waals surface area contributed by atoms with Crippen LogP contribution < -0.4 is 5.32 Å². The molecule has 1 aromatic carbocycles. The number of benzene rings is 1. The van der Waals surface area contributed by atoms with E-state index in [1.54, 1.807) is 6.20 Å². The Morgan fingerprint density at radius 1 is 1.50 bits per heavy atom. The highest BCUT2D eigenvalue weighted by atomic mass is 79.9. The SMILES string of the molecule is Cc1cccc(NCc2cnc(Cl)s2)c1Br. The fourth-order valence-corrected chi connectivity index (χ4v) is 2.65. The predicted octanol–water partition coefficient (Wildman–Crippen LogP) is 4.48. The lowest BCUT2D eigenvalue weighted by molar-refractivity contribution is 1.17. The molecule has 0 fully saturated rings. The van der Waals surface area contributed by atoms with Crippen LogP contribution in [0.1, 0.15) is 10.4 Å². The number of aromatic nitrogens is 1. The minimum absolute atomic E-state index is 0.583. The summed E-state index contributed by atoms with van der Waals surface area (Å²) in [5.41, 5.74) is 2.30. The zero-order valence-electron chi connectivity index (χ0n) is 8.63. The summed E-state index contributed by atoms with van der Waals surface area (Å²) in [6.07, 6.45) is 1.80. The van der Waals surface area contributed by atoms with E-state index in [1.165, 1.54) is 16.9 Å². The molecule has 1 aromatic heterocycles. The number of nitrogens with one attached hydrogen (secondary N) is 1. The van der Waals surface area contributed by atoms with Gasteiger partial charge < -0.3 is 5.32 Å². The van der Waals surface area contributed by atoms with Crippen molar-refractivity contribution < 1.29 is 0 Å². The molecule has 0 saturated heterocycles. The molecule has 2 nitrogen and oxygen atoms in total. The maximum atomic E-state index is 5.77. The first-order valence-corrected chi connectivity index (χ1v) is 6.75. The normalized spacial score (nSPS) is 10.4. The second kappa shape index (κ2) is 5.17. The average molecular weight is 318 g/mol. The van der Waals surface area contributed by atoms with Crippen LogP contribution in [0, 0.1) is 6.92 Å².